The molecule has 0 aromatic heterocycles. The van der Waals surface area contributed by atoms with E-state index in [9.17, 15) is 13.2 Å². The fourth-order valence-electron chi connectivity index (χ4n) is 2.62. The van der Waals surface area contributed by atoms with Crippen LogP contribution < -0.4 is 5.32 Å². The number of carbonyl (C=O) groups excluding carboxylic acids is 1. The van der Waals surface area contributed by atoms with Gasteiger partial charge in [0, 0.05) is 13.0 Å². The van der Waals surface area contributed by atoms with Crippen molar-refractivity contribution in [1.29, 1.82) is 0 Å². The zero-order chi connectivity index (χ0) is 18.1. The third kappa shape index (κ3) is 6.70. The predicted molar refractivity (Wildman–Crippen MR) is 100 cm³/mol. The molecule has 0 saturated carbocycles. The Balaban J connectivity index is 1.70. The van der Waals surface area contributed by atoms with Gasteiger partial charge >= 0.3 is 0 Å². The molecule has 1 N–H and O–H groups in total. The molecule has 0 aliphatic rings. The predicted octanol–water partition coefficient (Wildman–Crippen LogP) is 3.24. The molecule has 0 spiro atoms. The van der Waals surface area contributed by atoms with Gasteiger partial charge in [0.1, 0.15) is 0 Å². The minimum atomic E-state index is -3.35. The maximum atomic E-state index is 12.1. The zero-order valence-corrected chi connectivity index (χ0v) is 15.3. The van der Waals surface area contributed by atoms with Crippen LogP contribution in [0.4, 0.5) is 0 Å². The number of amides is 1. The summed E-state index contributed by atoms with van der Waals surface area (Å²) in [6.07, 6.45) is 2.29. The van der Waals surface area contributed by atoms with Crippen LogP contribution in [-0.4, -0.2) is 26.6 Å². The van der Waals surface area contributed by atoms with E-state index in [1.54, 1.807) is 30.3 Å². The number of rotatable bonds is 9. The number of aryl methyl sites for hydroxylation is 1. The first kappa shape index (κ1) is 19.2. The molecule has 25 heavy (non-hydrogen) atoms. The van der Waals surface area contributed by atoms with E-state index in [-0.39, 0.29) is 24.1 Å². The SMILES string of the molecule is CC(CCc1ccccc1)CC(=O)NCCS(=O)(=O)c1ccccc1. The fraction of sp³-hybridized carbons (Fsp3) is 0.350. The molecule has 0 fully saturated rings. The molecule has 0 bridgehead atoms. The summed E-state index contributed by atoms with van der Waals surface area (Å²) in [6, 6.07) is 18.5. The van der Waals surface area contributed by atoms with Gasteiger partial charge in [-0.25, -0.2) is 8.42 Å². The van der Waals surface area contributed by atoms with E-state index in [1.807, 2.05) is 25.1 Å². The first-order valence-corrected chi connectivity index (χ1v) is 10.2. The Bertz CT molecular complexity index is 758. The van der Waals surface area contributed by atoms with Gasteiger partial charge in [0.2, 0.25) is 5.91 Å². The summed E-state index contributed by atoms with van der Waals surface area (Å²) in [4.78, 5) is 12.3. The van der Waals surface area contributed by atoms with Crippen LogP contribution in [0.3, 0.4) is 0 Å². The van der Waals surface area contributed by atoms with Crippen molar-refractivity contribution in [3.8, 4) is 0 Å². The number of benzene rings is 2. The molecule has 1 unspecified atom stereocenters. The van der Waals surface area contributed by atoms with Gasteiger partial charge in [0.15, 0.2) is 9.84 Å². The highest BCUT2D eigenvalue weighted by atomic mass is 32.2. The van der Waals surface area contributed by atoms with E-state index < -0.39 is 9.84 Å². The lowest BCUT2D eigenvalue weighted by Crippen LogP contribution is -2.30. The largest absolute Gasteiger partial charge is 0.355 e. The van der Waals surface area contributed by atoms with Crippen molar-refractivity contribution in [2.45, 2.75) is 31.1 Å². The molecule has 4 nitrogen and oxygen atoms in total. The van der Waals surface area contributed by atoms with Gasteiger partial charge in [-0.3, -0.25) is 4.79 Å². The highest BCUT2D eigenvalue weighted by molar-refractivity contribution is 7.91. The van der Waals surface area contributed by atoms with E-state index in [1.165, 1.54) is 5.56 Å². The van der Waals surface area contributed by atoms with Crippen LogP contribution in [0, 0.1) is 5.92 Å². The number of hydrogen-bond acceptors (Lipinski definition) is 3. The van der Waals surface area contributed by atoms with Crippen molar-refractivity contribution in [2.24, 2.45) is 5.92 Å². The lowest BCUT2D eigenvalue weighted by Gasteiger charge is -2.12. The molecule has 0 saturated heterocycles. The van der Waals surface area contributed by atoms with Crippen LogP contribution in [-0.2, 0) is 21.1 Å². The molecule has 0 aliphatic carbocycles. The third-order valence-corrected chi connectivity index (χ3v) is 5.83. The van der Waals surface area contributed by atoms with Gasteiger partial charge in [-0.15, -0.1) is 0 Å². The molecule has 5 heteroatoms. The van der Waals surface area contributed by atoms with Crippen LogP contribution in [0.5, 0.6) is 0 Å². The highest BCUT2D eigenvalue weighted by Gasteiger charge is 2.15. The summed E-state index contributed by atoms with van der Waals surface area (Å²) in [5.41, 5.74) is 1.27. The average Bonchev–Trinajstić information content (AvgIpc) is 2.61. The molecule has 0 radical (unpaired) electrons. The molecule has 1 atom stereocenters. The highest BCUT2D eigenvalue weighted by Crippen LogP contribution is 2.13. The van der Waals surface area contributed by atoms with Crippen LogP contribution in [0.15, 0.2) is 65.6 Å². The Morgan fingerprint density at radius 3 is 2.24 bits per heavy atom. The fourth-order valence-corrected chi connectivity index (χ4v) is 3.80. The molecular weight excluding hydrogens is 334 g/mol. The second-order valence-electron chi connectivity index (χ2n) is 6.32. The topological polar surface area (TPSA) is 63.2 Å². The Kier molecular flexibility index (Phi) is 7.19. The number of nitrogens with one attached hydrogen (secondary N) is 1. The quantitative estimate of drug-likeness (QED) is 0.748. The summed E-state index contributed by atoms with van der Waals surface area (Å²) < 4.78 is 24.3. The van der Waals surface area contributed by atoms with E-state index in [2.05, 4.69) is 17.4 Å². The Morgan fingerprint density at radius 1 is 1.00 bits per heavy atom. The molecule has 2 aromatic rings. The van der Waals surface area contributed by atoms with E-state index in [0.29, 0.717) is 11.3 Å². The number of hydrogen-bond donors (Lipinski definition) is 1. The van der Waals surface area contributed by atoms with Crippen LogP contribution in [0.1, 0.15) is 25.3 Å². The molecule has 2 rings (SSSR count). The standard InChI is InChI=1S/C20H25NO3S/c1-17(12-13-18-8-4-2-5-9-18)16-20(22)21-14-15-25(23,24)19-10-6-3-7-11-19/h2-11,17H,12-16H2,1H3,(H,21,22). The summed E-state index contributed by atoms with van der Waals surface area (Å²) in [7, 11) is -3.35. The minimum Gasteiger partial charge on any atom is -0.355 e. The summed E-state index contributed by atoms with van der Waals surface area (Å²) >= 11 is 0. The molecular formula is C20H25NO3S. The van der Waals surface area contributed by atoms with Crippen molar-refractivity contribution in [3.05, 3.63) is 66.2 Å². The molecule has 2 aromatic carbocycles. The Hall–Kier alpha value is -2.14. The lowest BCUT2D eigenvalue weighted by atomic mass is 9.98. The second-order valence-corrected chi connectivity index (χ2v) is 8.42. The smallest absolute Gasteiger partial charge is 0.220 e. The Labute approximate surface area is 150 Å². The number of sulfone groups is 1. The van der Waals surface area contributed by atoms with Gasteiger partial charge < -0.3 is 5.32 Å². The molecule has 1 amide bonds. The maximum Gasteiger partial charge on any atom is 0.220 e. The van der Waals surface area contributed by atoms with E-state index >= 15 is 0 Å². The van der Waals surface area contributed by atoms with Crippen molar-refractivity contribution in [2.75, 3.05) is 12.3 Å². The molecule has 0 heterocycles. The zero-order valence-electron chi connectivity index (χ0n) is 14.5. The summed E-state index contributed by atoms with van der Waals surface area (Å²) in [6.45, 7) is 2.19. The number of carbonyl (C=O) groups is 1. The van der Waals surface area contributed by atoms with E-state index in [4.69, 9.17) is 0 Å². The Morgan fingerprint density at radius 2 is 1.60 bits per heavy atom. The summed E-state index contributed by atoms with van der Waals surface area (Å²) in [5.74, 6) is 0.0796. The molecule has 0 aliphatic heterocycles. The minimum absolute atomic E-state index is 0.0822. The van der Waals surface area contributed by atoms with Gasteiger partial charge in [-0.2, -0.15) is 0 Å². The van der Waals surface area contributed by atoms with Crippen molar-refractivity contribution < 1.29 is 13.2 Å². The second kappa shape index (κ2) is 9.37. The van der Waals surface area contributed by atoms with Crippen LogP contribution in [0.2, 0.25) is 0 Å². The third-order valence-electron chi connectivity index (χ3n) is 4.10. The monoisotopic (exact) mass is 359 g/mol. The average molecular weight is 359 g/mol. The van der Waals surface area contributed by atoms with Gasteiger partial charge in [0.25, 0.3) is 0 Å². The van der Waals surface area contributed by atoms with E-state index in [0.717, 1.165) is 12.8 Å². The van der Waals surface area contributed by atoms with Crippen molar-refractivity contribution in [1.82, 2.24) is 5.32 Å². The summed E-state index contributed by atoms with van der Waals surface area (Å²) in [5, 5.41) is 2.72. The maximum absolute atomic E-state index is 12.1. The van der Waals surface area contributed by atoms with Crippen molar-refractivity contribution in [3.63, 3.8) is 0 Å². The first-order chi connectivity index (χ1) is 12.0. The normalized spacial score (nSPS) is 12.5. The van der Waals surface area contributed by atoms with Gasteiger partial charge in [-0.05, 0) is 36.5 Å². The van der Waals surface area contributed by atoms with Crippen LogP contribution in [0.25, 0.3) is 0 Å². The first-order valence-electron chi connectivity index (χ1n) is 8.56. The molecule has 134 valence electrons. The van der Waals surface area contributed by atoms with Gasteiger partial charge in [0.05, 0.1) is 10.6 Å². The van der Waals surface area contributed by atoms with Gasteiger partial charge in [-0.1, -0.05) is 55.5 Å². The van der Waals surface area contributed by atoms with Crippen LogP contribution >= 0.6 is 0 Å². The van der Waals surface area contributed by atoms with Crippen molar-refractivity contribution >= 4 is 15.7 Å². The lowest BCUT2D eigenvalue weighted by molar-refractivity contribution is -0.121.